The molecule has 3 nitrogen and oxygen atoms in total. The Labute approximate surface area is 145 Å². The van der Waals surface area contributed by atoms with Crippen molar-refractivity contribution in [3.8, 4) is 5.75 Å². The first-order chi connectivity index (χ1) is 11.6. The van der Waals surface area contributed by atoms with Crippen molar-refractivity contribution in [2.75, 3.05) is 0 Å². The van der Waals surface area contributed by atoms with Gasteiger partial charge in [-0.25, -0.2) is 4.79 Å². The Hall–Kier alpha value is -2.78. The maximum absolute atomic E-state index is 10.2. The molecule has 0 saturated heterocycles. The number of aromatic hydroxyl groups is 1. The Morgan fingerprint density at radius 2 is 1.42 bits per heavy atom. The maximum Gasteiger partial charge on any atom is 0.335 e. The third-order valence-electron chi connectivity index (χ3n) is 3.32. The maximum atomic E-state index is 10.2. The van der Waals surface area contributed by atoms with Gasteiger partial charge in [-0.3, -0.25) is 0 Å². The van der Waals surface area contributed by atoms with Crippen molar-refractivity contribution in [1.29, 1.82) is 0 Å². The summed E-state index contributed by atoms with van der Waals surface area (Å²) in [6.07, 6.45) is 0.726. The Bertz CT molecular complexity index is 783. The molecular formula is C20H17ClO3. The first-order valence-corrected chi connectivity index (χ1v) is 7.73. The van der Waals surface area contributed by atoms with E-state index in [4.69, 9.17) is 16.7 Å². The zero-order chi connectivity index (χ0) is 17.4. The summed E-state index contributed by atoms with van der Waals surface area (Å²) in [5.74, 6) is -0.539. The van der Waals surface area contributed by atoms with Crippen molar-refractivity contribution in [2.45, 2.75) is 6.42 Å². The highest BCUT2D eigenvalue weighted by atomic mass is 35.5. The number of carbonyl (C=O) groups is 1. The van der Waals surface area contributed by atoms with Crippen LogP contribution in [0.3, 0.4) is 0 Å². The fourth-order valence-corrected chi connectivity index (χ4v) is 2.19. The van der Waals surface area contributed by atoms with Gasteiger partial charge in [0.2, 0.25) is 0 Å². The van der Waals surface area contributed by atoms with Crippen molar-refractivity contribution < 1.29 is 15.0 Å². The first kappa shape index (κ1) is 17.6. The van der Waals surface area contributed by atoms with E-state index in [1.54, 1.807) is 36.4 Å². The number of halogens is 1. The number of aromatic carboxylic acids is 1. The molecule has 0 bridgehead atoms. The van der Waals surface area contributed by atoms with Crippen LogP contribution in [0.5, 0.6) is 5.75 Å². The van der Waals surface area contributed by atoms with E-state index < -0.39 is 5.97 Å². The highest BCUT2D eigenvalue weighted by Gasteiger charge is 2.01. The average molecular weight is 341 g/mol. The lowest BCUT2D eigenvalue weighted by atomic mass is 10.0. The van der Waals surface area contributed by atoms with Crippen LogP contribution in [0.2, 0.25) is 5.02 Å². The zero-order valence-electron chi connectivity index (χ0n) is 12.9. The fraction of sp³-hybridized carbons (Fsp3) is 0.0500. The topological polar surface area (TPSA) is 57.5 Å². The molecule has 0 saturated carbocycles. The van der Waals surface area contributed by atoms with Gasteiger partial charge in [0.25, 0.3) is 0 Å². The fourth-order valence-electron chi connectivity index (χ4n) is 2.06. The van der Waals surface area contributed by atoms with Gasteiger partial charge in [-0.1, -0.05) is 60.1 Å². The van der Waals surface area contributed by atoms with Gasteiger partial charge in [0.1, 0.15) is 5.75 Å². The number of phenols is 1. The minimum absolute atomic E-state index is 0.331. The number of rotatable bonds is 3. The van der Waals surface area contributed by atoms with Gasteiger partial charge in [-0.05, 0) is 41.5 Å². The second-order valence-corrected chi connectivity index (χ2v) is 5.54. The van der Waals surface area contributed by atoms with E-state index in [0.29, 0.717) is 11.3 Å². The molecule has 3 aromatic carbocycles. The highest BCUT2D eigenvalue weighted by Crippen LogP contribution is 2.20. The minimum Gasteiger partial charge on any atom is -0.508 e. The number of carboxylic acids is 1. The van der Waals surface area contributed by atoms with Crippen molar-refractivity contribution in [2.24, 2.45) is 0 Å². The Kier molecular flexibility index (Phi) is 6.41. The van der Waals surface area contributed by atoms with Crippen LogP contribution < -0.4 is 0 Å². The van der Waals surface area contributed by atoms with Crippen LogP contribution >= 0.6 is 11.6 Å². The van der Waals surface area contributed by atoms with Crippen LogP contribution in [0.25, 0.3) is 0 Å². The van der Waals surface area contributed by atoms with E-state index in [1.807, 2.05) is 42.5 Å². The average Bonchev–Trinajstić information content (AvgIpc) is 2.60. The molecule has 2 N–H and O–H groups in total. The molecule has 24 heavy (non-hydrogen) atoms. The SMILES string of the molecule is O=C(O)c1ccccc1.Oc1ccccc1Cc1ccc(Cl)cc1. The van der Waals surface area contributed by atoms with Crippen molar-refractivity contribution in [1.82, 2.24) is 0 Å². The normalized spacial score (nSPS) is 9.71. The smallest absolute Gasteiger partial charge is 0.335 e. The van der Waals surface area contributed by atoms with E-state index in [0.717, 1.165) is 22.6 Å². The van der Waals surface area contributed by atoms with Crippen LogP contribution in [-0.4, -0.2) is 16.2 Å². The molecule has 0 radical (unpaired) electrons. The summed E-state index contributed by atoms with van der Waals surface area (Å²) < 4.78 is 0. The Morgan fingerprint density at radius 3 is 1.96 bits per heavy atom. The summed E-state index contributed by atoms with van der Waals surface area (Å²) in [5, 5.41) is 18.7. The molecule has 0 aliphatic rings. The van der Waals surface area contributed by atoms with E-state index >= 15 is 0 Å². The standard InChI is InChI=1S/C13H11ClO.C7H6O2/c14-12-7-5-10(6-8-12)9-11-3-1-2-4-13(11)15;8-7(9)6-4-2-1-3-5-6/h1-8,15H,9H2;1-5H,(H,8,9). The molecule has 3 aromatic rings. The quantitative estimate of drug-likeness (QED) is 0.703. The molecule has 0 aliphatic heterocycles. The van der Waals surface area contributed by atoms with E-state index in [2.05, 4.69) is 0 Å². The van der Waals surface area contributed by atoms with Gasteiger partial charge in [-0.15, -0.1) is 0 Å². The highest BCUT2D eigenvalue weighted by molar-refractivity contribution is 6.30. The van der Waals surface area contributed by atoms with E-state index in [1.165, 1.54) is 0 Å². The summed E-state index contributed by atoms with van der Waals surface area (Å²) in [5.41, 5.74) is 2.40. The molecule has 0 amide bonds. The minimum atomic E-state index is -0.879. The lowest BCUT2D eigenvalue weighted by Crippen LogP contribution is -1.93. The predicted molar refractivity (Wildman–Crippen MR) is 95.8 cm³/mol. The van der Waals surface area contributed by atoms with Crippen molar-refractivity contribution in [3.63, 3.8) is 0 Å². The van der Waals surface area contributed by atoms with Crippen LogP contribution in [0, 0.1) is 0 Å². The number of carboxylic acid groups (broad SMARTS) is 1. The summed E-state index contributed by atoms with van der Waals surface area (Å²) >= 11 is 5.80. The second kappa shape index (κ2) is 8.75. The number of benzene rings is 3. The third kappa shape index (κ3) is 5.45. The zero-order valence-corrected chi connectivity index (χ0v) is 13.6. The summed E-state index contributed by atoms with van der Waals surface area (Å²) in [7, 11) is 0. The molecule has 0 fully saturated rings. The number of hydrogen-bond donors (Lipinski definition) is 2. The first-order valence-electron chi connectivity index (χ1n) is 7.36. The molecule has 0 heterocycles. The van der Waals surface area contributed by atoms with E-state index in [-0.39, 0.29) is 0 Å². The van der Waals surface area contributed by atoms with Gasteiger partial charge in [0, 0.05) is 11.4 Å². The predicted octanol–water partition coefficient (Wildman–Crippen LogP) is 5.02. The molecule has 122 valence electrons. The van der Waals surface area contributed by atoms with Crippen LogP contribution in [0.15, 0.2) is 78.9 Å². The molecule has 0 unspecified atom stereocenters. The molecule has 0 aromatic heterocycles. The van der Waals surface area contributed by atoms with Crippen molar-refractivity contribution >= 4 is 17.6 Å². The summed E-state index contributed by atoms with van der Waals surface area (Å²) in [6.45, 7) is 0. The number of phenolic OH excluding ortho intramolecular Hbond substituents is 1. The van der Waals surface area contributed by atoms with Gasteiger partial charge in [0.15, 0.2) is 0 Å². The van der Waals surface area contributed by atoms with Crippen LogP contribution in [0.1, 0.15) is 21.5 Å². The molecule has 0 aliphatic carbocycles. The van der Waals surface area contributed by atoms with Crippen LogP contribution in [-0.2, 0) is 6.42 Å². The summed E-state index contributed by atoms with van der Waals surface area (Å²) in [6, 6.07) is 23.3. The molecular weight excluding hydrogens is 324 g/mol. The molecule has 3 rings (SSSR count). The second-order valence-electron chi connectivity index (χ2n) is 5.10. The molecule has 0 spiro atoms. The lowest BCUT2D eigenvalue weighted by molar-refractivity contribution is 0.0697. The van der Waals surface area contributed by atoms with E-state index in [9.17, 15) is 9.90 Å². The van der Waals surface area contributed by atoms with Gasteiger partial charge < -0.3 is 10.2 Å². The van der Waals surface area contributed by atoms with Gasteiger partial charge in [-0.2, -0.15) is 0 Å². The molecule has 0 atom stereocenters. The third-order valence-corrected chi connectivity index (χ3v) is 3.57. The summed E-state index contributed by atoms with van der Waals surface area (Å²) in [4.78, 5) is 10.2. The van der Waals surface area contributed by atoms with Gasteiger partial charge >= 0.3 is 5.97 Å². The Morgan fingerprint density at radius 1 is 0.833 bits per heavy atom. The van der Waals surface area contributed by atoms with Crippen molar-refractivity contribution in [3.05, 3.63) is 101 Å². The monoisotopic (exact) mass is 340 g/mol. The molecule has 4 heteroatoms. The number of para-hydroxylation sites is 1. The lowest BCUT2D eigenvalue weighted by Gasteiger charge is -2.04. The Balaban J connectivity index is 0.000000198. The number of hydrogen-bond acceptors (Lipinski definition) is 2. The largest absolute Gasteiger partial charge is 0.508 e. The van der Waals surface area contributed by atoms with Crippen LogP contribution in [0.4, 0.5) is 0 Å². The van der Waals surface area contributed by atoms with Gasteiger partial charge in [0.05, 0.1) is 5.56 Å².